The van der Waals surface area contributed by atoms with Gasteiger partial charge in [0.05, 0.1) is 5.75 Å². The molecule has 0 radical (unpaired) electrons. The number of thioether (sulfide) groups is 1. The van der Waals surface area contributed by atoms with Gasteiger partial charge in [0.2, 0.25) is 0 Å². The fourth-order valence-corrected chi connectivity index (χ4v) is 3.23. The normalized spacial score (nSPS) is 10.4. The molecule has 0 aliphatic heterocycles. The Hall–Kier alpha value is -2.63. The van der Waals surface area contributed by atoms with Gasteiger partial charge in [-0.2, -0.15) is 0 Å². The maximum absolute atomic E-state index is 12.9. The van der Waals surface area contributed by atoms with Crippen molar-refractivity contribution in [1.82, 2.24) is 0 Å². The van der Waals surface area contributed by atoms with Gasteiger partial charge in [0.25, 0.3) is 5.91 Å². The summed E-state index contributed by atoms with van der Waals surface area (Å²) in [5.74, 6) is -0.372. The average molecular weight is 400 g/mol. The van der Waals surface area contributed by atoms with E-state index in [9.17, 15) is 14.0 Å². The highest BCUT2D eigenvalue weighted by Gasteiger charge is 2.08. The molecule has 1 amide bonds. The van der Waals surface area contributed by atoms with Crippen molar-refractivity contribution in [3.8, 4) is 0 Å². The number of halogens is 2. The number of anilines is 1. The van der Waals surface area contributed by atoms with E-state index in [1.807, 2.05) is 12.1 Å². The summed E-state index contributed by atoms with van der Waals surface area (Å²) in [7, 11) is 0. The van der Waals surface area contributed by atoms with Gasteiger partial charge in [-0.25, -0.2) is 4.39 Å². The van der Waals surface area contributed by atoms with Crippen LogP contribution in [0.2, 0.25) is 5.02 Å². The molecule has 3 nitrogen and oxygen atoms in total. The molecule has 0 aliphatic carbocycles. The van der Waals surface area contributed by atoms with Gasteiger partial charge in [-0.1, -0.05) is 11.6 Å². The van der Waals surface area contributed by atoms with Crippen LogP contribution in [-0.4, -0.2) is 17.4 Å². The Morgan fingerprint density at radius 2 is 1.44 bits per heavy atom. The number of benzene rings is 3. The zero-order valence-electron chi connectivity index (χ0n) is 14.1. The first-order valence-electron chi connectivity index (χ1n) is 8.10. The Bertz CT molecular complexity index is 941. The fraction of sp³-hybridized carbons (Fsp3) is 0.0476. The standard InChI is InChI=1S/C21H15ClFNO2S/c22-16-5-1-14(2-6-16)20(25)13-27-19-11-9-18(10-12-19)24-21(26)15-3-7-17(23)8-4-15/h1-12H,13H2,(H,24,26). The van der Waals surface area contributed by atoms with E-state index in [0.29, 0.717) is 27.6 Å². The van der Waals surface area contributed by atoms with Gasteiger partial charge in [-0.3, -0.25) is 9.59 Å². The number of hydrogen-bond donors (Lipinski definition) is 1. The molecule has 0 atom stereocenters. The number of amides is 1. The Morgan fingerprint density at radius 3 is 2.07 bits per heavy atom. The monoisotopic (exact) mass is 399 g/mol. The summed E-state index contributed by atoms with van der Waals surface area (Å²) in [5, 5.41) is 3.35. The van der Waals surface area contributed by atoms with Gasteiger partial charge in [0.15, 0.2) is 5.78 Å². The zero-order valence-corrected chi connectivity index (χ0v) is 15.7. The number of ketones is 1. The van der Waals surface area contributed by atoms with Crippen molar-refractivity contribution >= 4 is 40.7 Å². The van der Waals surface area contributed by atoms with Crippen LogP contribution in [0.5, 0.6) is 0 Å². The molecule has 136 valence electrons. The number of Topliss-reactive ketones (excluding diaryl/α,β-unsaturated/α-hetero) is 1. The first-order valence-corrected chi connectivity index (χ1v) is 9.46. The third-order valence-corrected chi connectivity index (χ3v) is 5.02. The minimum atomic E-state index is -0.388. The topological polar surface area (TPSA) is 46.2 Å². The predicted molar refractivity (Wildman–Crippen MR) is 107 cm³/mol. The molecule has 27 heavy (non-hydrogen) atoms. The van der Waals surface area contributed by atoms with E-state index in [1.165, 1.54) is 36.0 Å². The van der Waals surface area contributed by atoms with Crippen molar-refractivity contribution in [2.45, 2.75) is 4.90 Å². The van der Waals surface area contributed by atoms with E-state index in [0.717, 1.165) is 4.90 Å². The highest BCUT2D eigenvalue weighted by molar-refractivity contribution is 8.00. The number of nitrogens with one attached hydrogen (secondary N) is 1. The third-order valence-electron chi connectivity index (χ3n) is 3.75. The molecule has 0 saturated carbocycles. The average Bonchev–Trinajstić information content (AvgIpc) is 2.68. The van der Waals surface area contributed by atoms with Crippen molar-refractivity contribution in [3.63, 3.8) is 0 Å². The van der Waals surface area contributed by atoms with Gasteiger partial charge < -0.3 is 5.32 Å². The molecule has 0 aromatic heterocycles. The van der Waals surface area contributed by atoms with Gasteiger partial charge in [0.1, 0.15) is 5.82 Å². The fourth-order valence-electron chi connectivity index (χ4n) is 2.31. The lowest BCUT2D eigenvalue weighted by molar-refractivity contribution is 0.101. The van der Waals surface area contributed by atoms with Crippen molar-refractivity contribution < 1.29 is 14.0 Å². The molecule has 6 heteroatoms. The van der Waals surface area contributed by atoms with Crippen molar-refractivity contribution in [2.75, 3.05) is 11.1 Å². The number of carbonyl (C=O) groups excluding carboxylic acids is 2. The summed E-state index contributed by atoms with van der Waals surface area (Å²) >= 11 is 7.24. The Kier molecular flexibility index (Phi) is 6.27. The SMILES string of the molecule is O=C(CSc1ccc(NC(=O)c2ccc(F)cc2)cc1)c1ccc(Cl)cc1. The maximum Gasteiger partial charge on any atom is 0.255 e. The lowest BCUT2D eigenvalue weighted by Gasteiger charge is -2.07. The second-order valence-electron chi connectivity index (χ2n) is 5.70. The van der Waals surface area contributed by atoms with E-state index in [2.05, 4.69) is 5.32 Å². The molecule has 0 spiro atoms. The van der Waals surface area contributed by atoms with Crippen LogP contribution in [0.1, 0.15) is 20.7 Å². The summed E-state index contributed by atoms with van der Waals surface area (Å²) in [6.45, 7) is 0. The van der Waals surface area contributed by atoms with Gasteiger partial charge in [0, 0.05) is 26.7 Å². The van der Waals surface area contributed by atoms with Crippen LogP contribution in [0.25, 0.3) is 0 Å². The van der Waals surface area contributed by atoms with Crippen LogP contribution < -0.4 is 5.32 Å². The summed E-state index contributed by atoms with van der Waals surface area (Å²) in [4.78, 5) is 25.2. The second kappa shape index (κ2) is 8.84. The van der Waals surface area contributed by atoms with Gasteiger partial charge in [-0.05, 0) is 72.8 Å². The number of rotatable bonds is 6. The summed E-state index contributed by atoms with van der Waals surface area (Å²) in [5.41, 5.74) is 1.62. The van der Waals surface area contributed by atoms with Crippen molar-refractivity contribution in [2.24, 2.45) is 0 Å². The van der Waals surface area contributed by atoms with E-state index in [-0.39, 0.29) is 17.5 Å². The first-order chi connectivity index (χ1) is 13.0. The minimum absolute atomic E-state index is 0.0188. The molecule has 3 aromatic rings. The quantitative estimate of drug-likeness (QED) is 0.426. The van der Waals surface area contributed by atoms with Gasteiger partial charge in [-0.15, -0.1) is 11.8 Å². The minimum Gasteiger partial charge on any atom is -0.322 e. The predicted octanol–water partition coefficient (Wildman–Crippen LogP) is 5.71. The second-order valence-corrected chi connectivity index (χ2v) is 7.19. The third kappa shape index (κ3) is 5.42. The largest absolute Gasteiger partial charge is 0.322 e. The molecule has 0 bridgehead atoms. The summed E-state index contributed by atoms with van der Waals surface area (Å²) in [6, 6.07) is 19.3. The van der Waals surface area contributed by atoms with Gasteiger partial charge >= 0.3 is 0 Å². The molecule has 1 N–H and O–H groups in total. The molecule has 0 aliphatic rings. The van der Waals surface area contributed by atoms with E-state index >= 15 is 0 Å². The van der Waals surface area contributed by atoms with Crippen molar-refractivity contribution in [1.29, 1.82) is 0 Å². The molecule has 0 heterocycles. The Balaban J connectivity index is 1.55. The van der Waals surface area contributed by atoms with Crippen LogP contribution in [-0.2, 0) is 0 Å². The highest BCUT2D eigenvalue weighted by Crippen LogP contribution is 2.22. The van der Waals surface area contributed by atoms with E-state index in [4.69, 9.17) is 11.6 Å². The van der Waals surface area contributed by atoms with Crippen LogP contribution >= 0.6 is 23.4 Å². The molecular weight excluding hydrogens is 385 g/mol. The van der Waals surface area contributed by atoms with Crippen LogP contribution in [0.15, 0.2) is 77.7 Å². The van der Waals surface area contributed by atoms with Crippen LogP contribution in [0.3, 0.4) is 0 Å². The lowest BCUT2D eigenvalue weighted by Crippen LogP contribution is -2.11. The molecule has 0 fully saturated rings. The lowest BCUT2D eigenvalue weighted by atomic mass is 10.1. The molecule has 0 unspecified atom stereocenters. The first kappa shape index (κ1) is 19.1. The zero-order chi connectivity index (χ0) is 19.2. The number of hydrogen-bond acceptors (Lipinski definition) is 3. The highest BCUT2D eigenvalue weighted by atomic mass is 35.5. The maximum atomic E-state index is 12.9. The molecule has 0 saturated heterocycles. The summed E-state index contributed by atoms with van der Waals surface area (Å²) in [6.07, 6.45) is 0. The van der Waals surface area contributed by atoms with Crippen molar-refractivity contribution in [3.05, 3.63) is 94.8 Å². The number of carbonyl (C=O) groups is 2. The summed E-state index contributed by atoms with van der Waals surface area (Å²) < 4.78 is 12.9. The van der Waals surface area contributed by atoms with E-state index < -0.39 is 0 Å². The van der Waals surface area contributed by atoms with Crippen LogP contribution in [0, 0.1) is 5.82 Å². The molecule has 3 rings (SSSR count). The smallest absolute Gasteiger partial charge is 0.255 e. The van der Waals surface area contributed by atoms with E-state index in [1.54, 1.807) is 36.4 Å². The Morgan fingerprint density at radius 1 is 0.852 bits per heavy atom. The molecular formula is C21H15ClFNO2S. The Labute approximate surface area is 165 Å². The molecule has 3 aromatic carbocycles. The van der Waals surface area contributed by atoms with Crippen LogP contribution in [0.4, 0.5) is 10.1 Å².